The van der Waals surface area contributed by atoms with Crippen LogP contribution >= 0.6 is 0 Å². The molecule has 2 amide bonds. The molecule has 1 atom stereocenters. The molecule has 5 nitrogen and oxygen atoms in total. The SMILES string of the molecule is CC(=O)N(C)Cc1cccc(NC(=O)[C@H]2CCCCN2)c1. The number of rotatable bonds is 4. The van der Waals surface area contributed by atoms with Gasteiger partial charge in [0.1, 0.15) is 0 Å². The molecule has 0 unspecified atom stereocenters. The van der Waals surface area contributed by atoms with Crippen molar-refractivity contribution in [2.24, 2.45) is 0 Å². The summed E-state index contributed by atoms with van der Waals surface area (Å²) in [5.74, 6) is 0.0441. The second kappa shape index (κ2) is 7.22. The maximum atomic E-state index is 12.2. The lowest BCUT2D eigenvalue weighted by atomic mass is 10.0. The first-order valence-electron chi connectivity index (χ1n) is 7.41. The van der Waals surface area contributed by atoms with E-state index < -0.39 is 0 Å². The van der Waals surface area contributed by atoms with E-state index >= 15 is 0 Å². The third-order valence-corrected chi connectivity index (χ3v) is 3.78. The molecule has 0 radical (unpaired) electrons. The van der Waals surface area contributed by atoms with Crippen LogP contribution in [0.3, 0.4) is 0 Å². The highest BCUT2D eigenvalue weighted by molar-refractivity contribution is 5.94. The van der Waals surface area contributed by atoms with Crippen LogP contribution in [0.4, 0.5) is 5.69 Å². The van der Waals surface area contributed by atoms with E-state index in [0.29, 0.717) is 6.54 Å². The van der Waals surface area contributed by atoms with Crippen LogP contribution in [0.5, 0.6) is 0 Å². The van der Waals surface area contributed by atoms with Gasteiger partial charge in [-0.25, -0.2) is 0 Å². The molecule has 114 valence electrons. The Labute approximate surface area is 125 Å². The summed E-state index contributed by atoms with van der Waals surface area (Å²) in [6, 6.07) is 7.54. The van der Waals surface area contributed by atoms with E-state index in [-0.39, 0.29) is 17.9 Å². The highest BCUT2D eigenvalue weighted by Crippen LogP contribution is 2.14. The van der Waals surface area contributed by atoms with Gasteiger partial charge in [-0.2, -0.15) is 0 Å². The molecule has 0 aliphatic carbocycles. The van der Waals surface area contributed by atoms with Crippen molar-refractivity contribution < 1.29 is 9.59 Å². The van der Waals surface area contributed by atoms with E-state index in [4.69, 9.17) is 0 Å². The molecule has 2 rings (SSSR count). The van der Waals surface area contributed by atoms with E-state index in [1.165, 1.54) is 0 Å². The summed E-state index contributed by atoms with van der Waals surface area (Å²) < 4.78 is 0. The van der Waals surface area contributed by atoms with Gasteiger partial charge in [0.2, 0.25) is 11.8 Å². The molecular formula is C16H23N3O2. The first-order chi connectivity index (χ1) is 10.1. The van der Waals surface area contributed by atoms with E-state index in [1.54, 1.807) is 18.9 Å². The topological polar surface area (TPSA) is 61.4 Å². The van der Waals surface area contributed by atoms with Crippen molar-refractivity contribution in [3.05, 3.63) is 29.8 Å². The Morgan fingerprint density at radius 2 is 2.19 bits per heavy atom. The number of anilines is 1. The number of carbonyl (C=O) groups is 2. The number of carbonyl (C=O) groups excluding carboxylic acids is 2. The number of nitrogens with one attached hydrogen (secondary N) is 2. The molecule has 1 saturated heterocycles. The van der Waals surface area contributed by atoms with Gasteiger partial charge in [-0.3, -0.25) is 9.59 Å². The monoisotopic (exact) mass is 289 g/mol. The van der Waals surface area contributed by atoms with Crippen LogP contribution in [-0.2, 0) is 16.1 Å². The van der Waals surface area contributed by atoms with Crippen molar-refractivity contribution in [3.8, 4) is 0 Å². The maximum Gasteiger partial charge on any atom is 0.241 e. The molecule has 5 heteroatoms. The molecule has 1 aliphatic rings. The fourth-order valence-electron chi connectivity index (χ4n) is 2.44. The Balaban J connectivity index is 1.97. The van der Waals surface area contributed by atoms with E-state index in [9.17, 15) is 9.59 Å². The Kier molecular flexibility index (Phi) is 5.33. The molecule has 1 fully saturated rings. The van der Waals surface area contributed by atoms with Crippen LogP contribution in [0, 0.1) is 0 Å². The third kappa shape index (κ3) is 4.56. The molecule has 1 aromatic rings. The summed E-state index contributed by atoms with van der Waals surface area (Å²) in [5.41, 5.74) is 1.78. The lowest BCUT2D eigenvalue weighted by Gasteiger charge is -2.22. The lowest BCUT2D eigenvalue weighted by Crippen LogP contribution is -2.43. The fourth-order valence-corrected chi connectivity index (χ4v) is 2.44. The molecular weight excluding hydrogens is 266 g/mol. The molecule has 1 aromatic carbocycles. The quantitative estimate of drug-likeness (QED) is 0.887. The molecule has 0 aromatic heterocycles. The van der Waals surface area contributed by atoms with Gasteiger partial charge >= 0.3 is 0 Å². The van der Waals surface area contributed by atoms with Gasteiger partial charge in [-0.05, 0) is 37.1 Å². The summed E-state index contributed by atoms with van der Waals surface area (Å²) in [6.45, 7) is 2.99. The Hall–Kier alpha value is -1.88. The molecule has 2 N–H and O–H groups in total. The van der Waals surface area contributed by atoms with E-state index in [2.05, 4.69) is 10.6 Å². The standard InChI is InChI=1S/C16H23N3O2/c1-12(20)19(2)11-13-6-5-7-14(10-13)18-16(21)15-8-3-4-9-17-15/h5-7,10,15,17H,3-4,8-9,11H2,1-2H3,(H,18,21)/t15-/m1/s1. The number of hydrogen-bond acceptors (Lipinski definition) is 3. The van der Waals surface area contributed by atoms with Crippen LogP contribution < -0.4 is 10.6 Å². The highest BCUT2D eigenvalue weighted by atomic mass is 16.2. The summed E-state index contributed by atoms with van der Waals surface area (Å²) in [4.78, 5) is 25.1. The molecule has 0 bridgehead atoms. The van der Waals surface area contributed by atoms with Crippen LogP contribution in [0.25, 0.3) is 0 Å². The van der Waals surface area contributed by atoms with Crippen LogP contribution in [0.15, 0.2) is 24.3 Å². The van der Waals surface area contributed by atoms with Crippen molar-refractivity contribution in [2.75, 3.05) is 18.9 Å². The summed E-state index contributed by atoms with van der Waals surface area (Å²) >= 11 is 0. The Bertz CT molecular complexity index is 510. The van der Waals surface area contributed by atoms with Gasteiger partial charge in [-0.15, -0.1) is 0 Å². The van der Waals surface area contributed by atoms with Crippen molar-refractivity contribution in [3.63, 3.8) is 0 Å². The van der Waals surface area contributed by atoms with Crippen LogP contribution in [0.2, 0.25) is 0 Å². The minimum atomic E-state index is -0.0951. The van der Waals surface area contributed by atoms with Gasteiger partial charge < -0.3 is 15.5 Å². The maximum absolute atomic E-state index is 12.2. The molecule has 0 spiro atoms. The van der Waals surface area contributed by atoms with Gasteiger partial charge in [-0.1, -0.05) is 18.6 Å². The molecule has 0 saturated carbocycles. The fraction of sp³-hybridized carbons (Fsp3) is 0.500. The van der Waals surface area contributed by atoms with Crippen LogP contribution in [0.1, 0.15) is 31.7 Å². The summed E-state index contributed by atoms with van der Waals surface area (Å²) in [5, 5.41) is 6.19. The highest BCUT2D eigenvalue weighted by Gasteiger charge is 2.20. The third-order valence-electron chi connectivity index (χ3n) is 3.78. The number of amides is 2. The first kappa shape index (κ1) is 15.5. The van der Waals surface area contributed by atoms with E-state index in [0.717, 1.165) is 37.1 Å². The van der Waals surface area contributed by atoms with Crippen molar-refractivity contribution >= 4 is 17.5 Å². The Morgan fingerprint density at radius 3 is 2.86 bits per heavy atom. The number of piperidine rings is 1. The molecule has 21 heavy (non-hydrogen) atoms. The average molecular weight is 289 g/mol. The zero-order valence-electron chi connectivity index (χ0n) is 12.7. The molecule has 1 aliphatic heterocycles. The van der Waals surface area contributed by atoms with Gasteiger partial charge in [0, 0.05) is 26.2 Å². The number of hydrogen-bond donors (Lipinski definition) is 2. The zero-order chi connectivity index (χ0) is 15.2. The Morgan fingerprint density at radius 1 is 1.38 bits per heavy atom. The number of benzene rings is 1. The zero-order valence-corrected chi connectivity index (χ0v) is 12.7. The number of nitrogens with zero attached hydrogens (tertiary/aromatic N) is 1. The van der Waals surface area contributed by atoms with Gasteiger partial charge in [0.15, 0.2) is 0 Å². The van der Waals surface area contributed by atoms with Crippen molar-refractivity contribution in [2.45, 2.75) is 38.8 Å². The van der Waals surface area contributed by atoms with E-state index in [1.807, 2.05) is 24.3 Å². The average Bonchev–Trinajstić information content (AvgIpc) is 2.48. The van der Waals surface area contributed by atoms with Gasteiger partial charge in [0.05, 0.1) is 6.04 Å². The minimum absolute atomic E-state index is 0.0202. The lowest BCUT2D eigenvalue weighted by molar-refractivity contribution is -0.128. The normalized spacial score (nSPS) is 18.1. The second-order valence-electron chi connectivity index (χ2n) is 5.57. The molecule has 1 heterocycles. The second-order valence-corrected chi connectivity index (χ2v) is 5.57. The largest absolute Gasteiger partial charge is 0.342 e. The summed E-state index contributed by atoms with van der Waals surface area (Å²) in [6.07, 6.45) is 3.11. The smallest absolute Gasteiger partial charge is 0.241 e. The van der Waals surface area contributed by atoms with Gasteiger partial charge in [0.25, 0.3) is 0 Å². The van der Waals surface area contributed by atoms with Crippen molar-refractivity contribution in [1.82, 2.24) is 10.2 Å². The van der Waals surface area contributed by atoms with Crippen molar-refractivity contribution in [1.29, 1.82) is 0 Å². The first-order valence-corrected chi connectivity index (χ1v) is 7.41. The predicted molar refractivity (Wildman–Crippen MR) is 82.9 cm³/mol. The predicted octanol–water partition coefficient (Wildman–Crippen LogP) is 1.75. The summed E-state index contributed by atoms with van der Waals surface area (Å²) in [7, 11) is 1.76. The minimum Gasteiger partial charge on any atom is -0.342 e. The van der Waals surface area contributed by atoms with Crippen LogP contribution in [-0.4, -0.2) is 36.3 Å².